The van der Waals surface area contributed by atoms with E-state index in [4.69, 9.17) is 17.7 Å². The molecule has 5 nitrogen and oxygen atoms in total. The molecule has 10 heteroatoms. The number of thiazole rings is 1. The summed E-state index contributed by atoms with van der Waals surface area (Å²) in [6, 6.07) is 6.23. The Labute approximate surface area is 129 Å². The number of hydrogen-bond donors (Lipinski definition) is 0. The van der Waals surface area contributed by atoms with Gasteiger partial charge in [0.05, 0.1) is 13.2 Å². The third-order valence-electron chi connectivity index (χ3n) is 2.69. The van der Waals surface area contributed by atoms with E-state index in [9.17, 15) is 13.2 Å². The maximum Gasteiger partial charge on any atom is 0.485 e. The number of hydrogen-bond acceptors (Lipinski definition) is 5. The molecule has 0 bridgehead atoms. The summed E-state index contributed by atoms with van der Waals surface area (Å²) in [6.07, 6.45) is 0. The summed E-state index contributed by atoms with van der Waals surface area (Å²) < 4.78 is 67.8. The first-order valence-electron chi connectivity index (χ1n) is 6.00. The second kappa shape index (κ2) is 6.80. The van der Waals surface area contributed by atoms with Crippen LogP contribution < -0.4 is 9.30 Å². The van der Waals surface area contributed by atoms with E-state index in [0.29, 0.717) is 0 Å². The van der Waals surface area contributed by atoms with E-state index in [0.717, 1.165) is 12.3 Å². The highest BCUT2D eigenvalue weighted by molar-refractivity contribution is 7.86. The molecule has 0 fully saturated rings. The SMILES string of the molecule is CC[n+]1c(C)sc2ccc(OC)cc21.O=S(=O)([O-])C(F)(F)F. The van der Waals surface area contributed by atoms with Crippen molar-refractivity contribution in [3.8, 4) is 5.75 Å². The summed E-state index contributed by atoms with van der Waals surface area (Å²) in [5, 5.41) is 1.34. The lowest BCUT2D eigenvalue weighted by Crippen LogP contribution is -2.33. The Morgan fingerprint density at radius 3 is 2.32 bits per heavy atom. The molecule has 0 aliphatic heterocycles. The van der Waals surface area contributed by atoms with Crippen LogP contribution in [0.2, 0.25) is 0 Å². The molecule has 2 aromatic rings. The standard InChI is InChI=1S/C11H14NOS.CHF3O3S/c1-4-12-8(2)14-11-6-5-9(13-3)7-10(11)12;2-1(3,4)8(5,6)7/h5-7H,4H2,1-3H3;(H,5,6,7)/q+1;/p-1. The zero-order valence-electron chi connectivity index (χ0n) is 12.0. The van der Waals surface area contributed by atoms with E-state index in [1.807, 2.05) is 17.4 Å². The number of aromatic nitrogens is 1. The second-order valence-electron chi connectivity index (χ2n) is 4.10. The molecule has 0 saturated carbocycles. The van der Waals surface area contributed by atoms with Gasteiger partial charge in [0.15, 0.2) is 10.1 Å². The lowest BCUT2D eigenvalue weighted by Gasteiger charge is -2.08. The Hall–Kier alpha value is -1.39. The fourth-order valence-corrected chi connectivity index (χ4v) is 2.76. The Morgan fingerprint density at radius 1 is 1.36 bits per heavy atom. The van der Waals surface area contributed by atoms with Crippen LogP contribution in [0.4, 0.5) is 13.2 Å². The molecular formula is C12H14F3NO4S2. The first-order valence-corrected chi connectivity index (χ1v) is 8.23. The average molecular weight is 357 g/mol. The topological polar surface area (TPSA) is 70.3 Å². The fourth-order valence-electron chi connectivity index (χ4n) is 1.70. The smallest absolute Gasteiger partial charge is 0.485 e. The Morgan fingerprint density at radius 2 is 1.91 bits per heavy atom. The molecule has 1 aromatic carbocycles. The minimum atomic E-state index is -6.09. The number of rotatable bonds is 2. The number of benzene rings is 1. The van der Waals surface area contributed by atoms with Gasteiger partial charge in [-0.05, 0) is 19.1 Å². The summed E-state index contributed by atoms with van der Waals surface area (Å²) in [4.78, 5) is 0. The van der Waals surface area contributed by atoms with Crippen LogP contribution in [0.25, 0.3) is 10.2 Å². The minimum Gasteiger partial charge on any atom is -0.741 e. The van der Waals surface area contributed by atoms with Crippen molar-refractivity contribution in [1.82, 2.24) is 0 Å². The molecule has 0 unspecified atom stereocenters. The highest BCUT2D eigenvalue weighted by atomic mass is 32.2. The molecule has 0 spiro atoms. The molecule has 0 aliphatic carbocycles. The van der Waals surface area contributed by atoms with E-state index in [-0.39, 0.29) is 0 Å². The van der Waals surface area contributed by atoms with Crippen LogP contribution in [-0.4, -0.2) is 25.6 Å². The van der Waals surface area contributed by atoms with E-state index in [2.05, 4.69) is 30.5 Å². The van der Waals surface area contributed by atoms with Gasteiger partial charge in [0.25, 0.3) is 0 Å². The van der Waals surface area contributed by atoms with Crippen molar-refractivity contribution in [3.05, 3.63) is 23.2 Å². The Bertz CT molecular complexity index is 754. The summed E-state index contributed by atoms with van der Waals surface area (Å²) >= 11 is 1.83. The van der Waals surface area contributed by atoms with Gasteiger partial charge in [0.2, 0.25) is 10.5 Å². The Balaban J connectivity index is 0.000000261. The molecule has 1 aromatic heterocycles. The van der Waals surface area contributed by atoms with Crippen LogP contribution in [0, 0.1) is 6.92 Å². The third kappa shape index (κ3) is 4.31. The molecule has 124 valence electrons. The van der Waals surface area contributed by atoms with Crippen molar-refractivity contribution in [2.75, 3.05) is 7.11 Å². The largest absolute Gasteiger partial charge is 0.741 e. The molecule has 0 atom stereocenters. The number of methoxy groups -OCH3 is 1. The number of aryl methyl sites for hydroxylation is 2. The number of fused-ring (bicyclic) bond motifs is 1. The number of halogens is 3. The lowest BCUT2D eigenvalue weighted by atomic mass is 10.3. The fraction of sp³-hybridized carbons (Fsp3) is 0.417. The van der Waals surface area contributed by atoms with Gasteiger partial charge >= 0.3 is 5.51 Å². The van der Waals surface area contributed by atoms with Crippen LogP contribution in [0.1, 0.15) is 11.9 Å². The lowest BCUT2D eigenvalue weighted by molar-refractivity contribution is -0.669. The zero-order chi connectivity index (χ0) is 17.1. The maximum absolute atomic E-state index is 10.7. The van der Waals surface area contributed by atoms with Crippen molar-refractivity contribution in [2.45, 2.75) is 25.9 Å². The monoisotopic (exact) mass is 357 g/mol. The van der Waals surface area contributed by atoms with Crippen LogP contribution in [-0.2, 0) is 16.7 Å². The summed E-state index contributed by atoms with van der Waals surface area (Å²) in [6.45, 7) is 5.33. The number of alkyl halides is 3. The third-order valence-corrected chi connectivity index (χ3v) is 4.34. The van der Waals surface area contributed by atoms with Crippen LogP contribution in [0.15, 0.2) is 18.2 Å². The summed E-state index contributed by atoms with van der Waals surface area (Å²) in [7, 11) is -4.39. The summed E-state index contributed by atoms with van der Waals surface area (Å²) in [5.41, 5.74) is -4.37. The minimum absolute atomic E-state index is 0.928. The van der Waals surface area contributed by atoms with Gasteiger partial charge in [-0.2, -0.15) is 17.7 Å². The molecule has 0 saturated heterocycles. The number of nitrogens with zero attached hydrogens (tertiary/aromatic N) is 1. The second-order valence-corrected chi connectivity index (χ2v) is 6.70. The predicted molar refractivity (Wildman–Crippen MR) is 74.7 cm³/mol. The van der Waals surface area contributed by atoms with Crippen molar-refractivity contribution < 1.29 is 35.4 Å². The summed E-state index contributed by atoms with van der Waals surface area (Å²) in [5.74, 6) is 0.928. The van der Waals surface area contributed by atoms with Gasteiger partial charge in [-0.25, -0.2) is 8.42 Å². The predicted octanol–water partition coefficient (Wildman–Crippen LogP) is 2.58. The van der Waals surface area contributed by atoms with Crippen LogP contribution in [0.3, 0.4) is 0 Å². The van der Waals surface area contributed by atoms with Crippen molar-refractivity contribution >= 4 is 31.7 Å². The molecular weight excluding hydrogens is 343 g/mol. The first-order chi connectivity index (χ1) is 10.0. The molecule has 0 amide bonds. The molecule has 0 radical (unpaired) electrons. The highest BCUT2D eigenvalue weighted by Crippen LogP contribution is 2.24. The maximum atomic E-state index is 10.7. The van der Waals surface area contributed by atoms with Gasteiger partial charge in [-0.1, -0.05) is 11.3 Å². The van der Waals surface area contributed by atoms with Crippen LogP contribution in [0.5, 0.6) is 5.75 Å². The van der Waals surface area contributed by atoms with Crippen molar-refractivity contribution in [2.24, 2.45) is 0 Å². The van der Waals surface area contributed by atoms with Crippen molar-refractivity contribution in [1.29, 1.82) is 0 Å². The molecule has 1 heterocycles. The first kappa shape index (κ1) is 18.7. The van der Waals surface area contributed by atoms with Gasteiger partial charge in [0.1, 0.15) is 17.0 Å². The highest BCUT2D eigenvalue weighted by Gasteiger charge is 2.36. The molecule has 22 heavy (non-hydrogen) atoms. The van der Waals surface area contributed by atoms with Crippen LogP contribution >= 0.6 is 11.3 Å². The molecule has 2 rings (SSSR count). The van der Waals surface area contributed by atoms with E-state index < -0.39 is 15.6 Å². The quantitative estimate of drug-likeness (QED) is 0.471. The van der Waals surface area contributed by atoms with E-state index in [1.54, 1.807) is 7.11 Å². The van der Waals surface area contributed by atoms with Gasteiger partial charge < -0.3 is 9.29 Å². The van der Waals surface area contributed by atoms with Crippen molar-refractivity contribution in [3.63, 3.8) is 0 Å². The molecule has 0 N–H and O–H groups in total. The number of ether oxygens (including phenoxy) is 1. The van der Waals surface area contributed by atoms with Gasteiger partial charge in [-0.15, -0.1) is 0 Å². The van der Waals surface area contributed by atoms with E-state index >= 15 is 0 Å². The van der Waals surface area contributed by atoms with E-state index in [1.165, 1.54) is 15.2 Å². The Kier molecular flexibility index (Phi) is 5.76. The zero-order valence-corrected chi connectivity index (χ0v) is 13.6. The van der Waals surface area contributed by atoms with Gasteiger partial charge in [0, 0.05) is 6.92 Å². The average Bonchev–Trinajstić information content (AvgIpc) is 2.71. The van der Waals surface area contributed by atoms with Gasteiger partial charge in [-0.3, -0.25) is 0 Å². The molecule has 0 aliphatic rings. The normalized spacial score (nSPS) is 12.0.